The van der Waals surface area contributed by atoms with Crippen LogP contribution in [0.3, 0.4) is 0 Å². The van der Waals surface area contributed by atoms with Crippen LogP contribution in [-0.4, -0.2) is 53.4 Å². The Morgan fingerprint density at radius 1 is 1.27 bits per heavy atom. The number of rotatable bonds is 5. The van der Waals surface area contributed by atoms with E-state index in [9.17, 15) is 14.7 Å². The monoisotopic (exact) mass is 326 g/mol. The first-order valence-corrected chi connectivity index (χ1v) is 7.50. The van der Waals surface area contributed by atoms with Gasteiger partial charge in [0.15, 0.2) is 0 Å². The van der Waals surface area contributed by atoms with Gasteiger partial charge in [-0.25, -0.2) is 4.79 Å². The predicted octanol–water partition coefficient (Wildman–Crippen LogP) is 1.53. The van der Waals surface area contributed by atoms with Crippen molar-refractivity contribution in [1.82, 2.24) is 10.2 Å². The molecule has 1 aliphatic heterocycles. The van der Waals surface area contributed by atoms with E-state index >= 15 is 0 Å². The molecule has 0 spiro atoms. The van der Waals surface area contributed by atoms with Gasteiger partial charge in [0.2, 0.25) is 0 Å². The zero-order valence-electron chi connectivity index (χ0n) is 12.0. The molecule has 6 nitrogen and oxygen atoms in total. The smallest absolute Gasteiger partial charge is 0.317 e. The fourth-order valence-corrected chi connectivity index (χ4v) is 2.82. The lowest BCUT2D eigenvalue weighted by Gasteiger charge is -2.17. The van der Waals surface area contributed by atoms with Gasteiger partial charge in [0, 0.05) is 43.1 Å². The molecule has 22 heavy (non-hydrogen) atoms. The quantitative estimate of drug-likeness (QED) is 0.765. The van der Waals surface area contributed by atoms with Gasteiger partial charge in [-0.15, -0.1) is 0 Å². The molecule has 1 aromatic rings. The first kappa shape index (κ1) is 16.6. The number of carbonyl (C=O) groups is 2. The number of aliphatic carboxylic acids is 1. The van der Waals surface area contributed by atoms with Crippen LogP contribution in [0, 0.1) is 5.92 Å². The van der Waals surface area contributed by atoms with Gasteiger partial charge in [-0.1, -0.05) is 23.7 Å². The number of aliphatic hydroxyl groups excluding tert-OH is 1. The number of halogens is 1. The summed E-state index contributed by atoms with van der Waals surface area (Å²) in [6, 6.07) is 7.10. The molecule has 0 aromatic heterocycles. The molecular weight excluding hydrogens is 308 g/mol. The highest BCUT2D eigenvalue weighted by Gasteiger charge is 2.35. The summed E-state index contributed by atoms with van der Waals surface area (Å²) < 4.78 is 0. The van der Waals surface area contributed by atoms with Crippen LogP contribution >= 0.6 is 11.6 Å². The molecule has 0 bridgehead atoms. The lowest BCUT2D eigenvalue weighted by molar-refractivity contribution is -0.136. The third kappa shape index (κ3) is 4.11. The van der Waals surface area contributed by atoms with Crippen LogP contribution in [0.15, 0.2) is 24.3 Å². The molecule has 0 radical (unpaired) electrons. The molecule has 1 aromatic carbocycles. The number of carbonyl (C=O) groups excluding carboxylic acids is 1. The molecule has 1 aliphatic rings. The third-order valence-corrected chi connectivity index (χ3v) is 4.13. The topological polar surface area (TPSA) is 89.9 Å². The van der Waals surface area contributed by atoms with Crippen molar-refractivity contribution in [3.05, 3.63) is 34.9 Å². The number of aliphatic hydroxyl groups is 1. The van der Waals surface area contributed by atoms with Crippen LogP contribution in [0.4, 0.5) is 4.79 Å². The summed E-state index contributed by atoms with van der Waals surface area (Å²) in [6.07, 6.45) is -0.108. The summed E-state index contributed by atoms with van der Waals surface area (Å²) in [4.78, 5) is 24.1. The first-order chi connectivity index (χ1) is 10.5. The summed E-state index contributed by atoms with van der Waals surface area (Å²) in [5.74, 6) is -0.937. The third-order valence-electron chi connectivity index (χ3n) is 3.88. The van der Waals surface area contributed by atoms with Crippen LogP contribution in [-0.2, 0) is 4.79 Å². The van der Waals surface area contributed by atoms with Crippen molar-refractivity contribution in [2.75, 3.05) is 26.2 Å². The highest BCUT2D eigenvalue weighted by Crippen LogP contribution is 2.32. The summed E-state index contributed by atoms with van der Waals surface area (Å²) >= 11 is 5.88. The number of carboxylic acid groups (broad SMARTS) is 1. The molecule has 7 heteroatoms. The number of hydrogen-bond donors (Lipinski definition) is 3. The summed E-state index contributed by atoms with van der Waals surface area (Å²) in [5, 5.41) is 21.3. The lowest BCUT2D eigenvalue weighted by Crippen LogP contribution is -2.39. The van der Waals surface area contributed by atoms with Crippen molar-refractivity contribution in [2.45, 2.75) is 12.3 Å². The van der Waals surface area contributed by atoms with E-state index in [1.807, 2.05) is 12.1 Å². The van der Waals surface area contributed by atoms with E-state index in [2.05, 4.69) is 5.32 Å². The van der Waals surface area contributed by atoms with E-state index in [1.165, 1.54) is 0 Å². The van der Waals surface area contributed by atoms with Gasteiger partial charge in [0.25, 0.3) is 0 Å². The van der Waals surface area contributed by atoms with Gasteiger partial charge in [0.1, 0.15) is 0 Å². The van der Waals surface area contributed by atoms with Crippen LogP contribution in [0.2, 0.25) is 5.02 Å². The van der Waals surface area contributed by atoms with E-state index in [0.29, 0.717) is 18.1 Å². The number of nitrogens with one attached hydrogen (secondary N) is 1. The van der Waals surface area contributed by atoms with Crippen molar-refractivity contribution in [1.29, 1.82) is 0 Å². The lowest BCUT2D eigenvalue weighted by atomic mass is 9.90. The SMILES string of the molecule is O=C(O)CCNC(=O)N1C[C@@H](CO)[C@H](c2ccc(Cl)cc2)C1. The van der Waals surface area contributed by atoms with Gasteiger partial charge in [-0.2, -0.15) is 0 Å². The molecule has 0 saturated carbocycles. The molecular formula is C15H19ClN2O4. The predicted molar refractivity (Wildman–Crippen MR) is 82.0 cm³/mol. The van der Waals surface area contributed by atoms with E-state index < -0.39 is 5.97 Å². The Morgan fingerprint density at radius 3 is 2.55 bits per heavy atom. The molecule has 2 atom stereocenters. The maximum absolute atomic E-state index is 12.0. The normalized spacial score (nSPS) is 20.9. The van der Waals surface area contributed by atoms with E-state index in [1.54, 1.807) is 17.0 Å². The van der Waals surface area contributed by atoms with Crippen molar-refractivity contribution >= 4 is 23.6 Å². The number of nitrogens with zero attached hydrogens (tertiary/aromatic N) is 1. The Balaban J connectivity index is 1.98. The van der Waals surface area contributed by atoms with Crippen molar-refractivity contribution < 1.29 is 19.8 Å². The Bertz CT molecular complexity index is 535. The van der Waals surface area contributed by atoms with Gasteiger partial charge in [0.05, 0.1) is 6.42 Å². The van der Waals surface area contributed by atoms with E-state index in [4.69, 9.17) is 16.7 Å². The maximum Gasteiger partial charge on any atom is 0.317 e. The zero-order chi connectivity index (χ0) is 16.1. The van der Waals surface area contributed by atoms with Crippen molar-refractivity contribution in [3.63, 3.8) is 0 Å². The molecule has 2 amide bonds. The highest BCUT2D eigenvalue weighted by atomic mass is 35.5. The minimum Gasteiger partial charge on any atom is -0.481 e. The second-order valence-electron chi connectivity index (χ2n) is 5.38. The fourth-order valence-electron chi connectivity index (χ4n) is 2.70. The minimum absolute atomic E-state index is 0.00774. The molecule has 1 fully saturated rings. The van der Waals surface area contributed by atoms with Gasteiger partial charge in [-0.05, 0) is 17.7 Å². The highest BCUT2D eigenvalue weighted by molar-refractivity contribution is 6.30. The Kier molecular flexibility index (Phi) is 5.63. The average Bonchev–Trinajstić information content (AvgIpc) is 2.92. The fraction of sp³-hybridized carbons (Fsp3) is 0.467. The van der Waals surface area contributed by atoms with Crippen LogP contribution in [0.5, 0.6) is 0 Å². The number of likely N-dealkylation sites (tertiary alicyclic amines) is 1. The second kappa shape index (κ2) is 7.47. The largest absolute Gasteiger partial charge is 0.481 e. The van der Waals surface area contributed by atoms with E-state index in [0.717, 1.165) is 5.56 Å². The summed E-state index contributed by atoms with van der Waals surface area (Å²) in [5.41, 5.74) is 1.03. The molecule has 0 aliphatic carbocycles. The van der Waals surface area contributed by atoms with E-state index in [-0.39, 0.29) is 37.4 Å². The molecule has 1 heterocycles. The van der Waals surface area contributed by atoms with Crippen LogP contribution in [0.25, 0.3) is 0 Å². The molecule has 1 saturated heterocycles. The van der Waals surface area contributed by atoms with Crippen LogP contribution in [0.1, 0.15) is 17.9 Å². The Morgan fingerprint density at radius 2 is 1.95 bits per heavy atom. The van der Waals surface area contributed by atoms with Gasteiger partial charge in [-0.3, -0.25) is 4.79 Å². The Labute approximate surface area is 133 Å². The van der Waals surface area contributed by atoms with Crippen molar-refractivity contribution in [2.24, 2.45) is 5.92 Å². The zero-order valence-corrected chi connectivity index (χ0v) is 12.8. The van der Waals surface area contributed by atoms with Gasteiger partial charge >= 0.3 is 12.0 Å². The number of hydrogen-bond acceptors (Lipinski definition) is 3. The van der Waals surface area contributed by atoms with Crippen molar-refractivity contribution in [3.8, 4) is 0 Å². The Hall–Kier alpha value is -1.79. The molecule has 2 rings (SSSR count). The van der Waals surface area contributed by atoms with Gasteiger partial charge < -0.3 is 20.4 Å². The number of urea groups is 1. The number of benzene rings is 1. The number of carboxylic acids is 1. The second-order valence-corrected chi connectivity index (χ2v) is 5.82. The van der Waals surface area contributed by atoms with Crippen LogP contribution < -0.4 is 5.32 Å². The summed E-state index contributed by atoms with van der Waals surface area (Å²) in [6.45, 7) is 1.03. The number of amides is 2. The maximum atomic E-state index is 12.0. The standard InChI is InChI=1S/C15H19ClN2O4/c16-12-3-1-10(2-4-12)13-8-18(7-11(13)9-19)15(22)17-6-5-14(20)21/h1-4,11,13,19H,5-9H2,(H,17,22)(H,20,21)/t11-,13-/m0/s1. The average molecular weight is 327 g/mol. The first-order valence-electron chi connectivity index (χ1n) is 7.12. The summed E-state index contributed by atoms with van der Waals surface area (Å²) in [7, 11) is 0. The molecule has 120 valence electrons. The molecule has 3 N–H and O–H groups in total. The minimum atomic E-state index is -0.950. The molecule has 0 unspecified atom stereocenters.